The summed E-state index contributed by atoms with van der Waals surface area (Å²) in [4.78, 5) is 13.1. The molecule has 0 aromatic heterocycles. The van der Waals surface area contributed by atoms with Crippen molar-refractivity contribution in [2.75, 3.05) is 11.9 Å². The largest absolute Gasteiger partial charge is 0.457 e. The molecule has 0 unspecified atom stereocenters. The van der Waals surface area contributed by atoms with E-state index in [4.69, 9.17) is 51.1 Å². The molecule has 4 aromatic rings. The number of nitrogens with one attached hydrogen (secondary N) is 2. The number of nitrogens with zero attached hydrogens (tertiary/aromatic N) is 1. The fraction of sp³-hybridized carbons (Fsp3) is 0.0357. The SMILES string of the molecule is O=C(Nc1ccc(Oc2ccc(Cl)c(Cl)c2)cc1)N1CC(c2ccc(Cl)cc2)=C(c2ccc(Cl)cc2)N1. The number of rotatable bonds is 5. The maximum Gasteiger partial charge on any atom is 0.340 e. The molecule has 5 rings (SSSR count). The normalized spacial score (nSPS) is 12.9. The number of anilines is 1. The molecule has 2 amide bonds. The second-order valence-corrected chi connectivity index (χ2v) is 9.89. The lowest BCUT2D eigenvalue weighted by molar-refractivity contribution is 0.210. The third-order valence-electron chi connectivity index (χ3n) is 5.67. The number of benzene rings is 4. The molecule has 4 aromatic carbocycles. The van der Waals surface area contributed by atoms with Crippen molar-refractivity contribution in [1.29, 1.82) is 0 Å². The highest BCUT2D eigenvalue weighted by atomic mass is 35.5. The van der Waals surface area contributed by atoms with Crippen molar-refractivity contribution >= 4 is 69.4 Å². The van der Waals surface area contributed by atoms with E-state index in [1.165, 1.54) is 5.01 Å². The summed E-state index contributed by atoms with van der Waals surface area (Å²) in [5.74, 6) is 1.15. The Morgan fingerprint density at radius 2 is 1.32 bits per heavy atom. The van der Waals surface area contributed by atoms with Crippen LogP contribution in [0.5, 0.6) is 11.5 Å². The lowest BCUT2D eigenvalue weighted by atomic mass is 10.0. The van der Waals surface area contributed by atoms with E-state index in [9.17, 15) is 4.79 Å². The van der Waals surface area contributed by atoms with Crippen LogP contribution in [-0.2, 0) is 0 Å². The standard InChI is InChI=1S/C28H19Cl4N3O2/c29-19-5-1-17(2-6-19)24-16-35(34-27(24)18-3-7-20(30)8-4-18)28(36)33-21-9-11-22(12-10-21)37-23-13-14-25(31)26(32)15-23/h1-15,34H,16H2,(H,33,36). The zero-order chi connectivity index (χ0) is 25.9. The van der Waals surface area contributed by atoms with Crippen LogP contribution >= 0.6 is 46.4 Å². The number of halogens is 4. The van der Waals surface area contributed by atoms with Crippen LogP contribution in [0.4, 0.5) is 10.5 Å². The van der Waals surface area contributed by atoms with Gasteiger partial charge in [-0.3, -0.25) is 5.43 Å². The van der Waals surface area contributed by atoms with Gasteiger partial charge in [0.05, 0.1) is 22.3 Å². The number of hydrogen-bond acceptors (Lipinski definition) is 3. The third-order valence-corrected chi connectivity index (χ3v) is 6.91. The summed E-state index contributed by atoms with van der Waals surface area (Å²) >= 11 is 24.2. The summed E-state index contributed by atoms with van der Waals surface area (Å²) in [5, 5.41) is 6.58. The molecule has 1 aliphatic rings. The summed E-state index contributed by atoms with van der Waals surface area (Å²) in [6.07, 6.45) is 0. The molecule has 0 atom stereocenters. The van der Waals surface area contributed by atoms with Crippen molar-refractivity contribution in [1.82, 2.24) is 10.4 Å². The summed E-state index contributed by atoms with van der Waals surface area (Å²) in [5.41, 5.74) is 7.50. The smallest absolute Gasteiger partial charge is 0.340 e. The first-order valence-corrected chi connectivity index (χ1v) is 12.7. The number of amides is 2. The number of ether oxygens (including phenoxy) is 1. The van der Waals surface area contributed by atoms with Gasteiger partial charge in [0.25, 0.3) is 0 Å². The highest BCUT2D eigenvalue weighted by Gasteiger charge is 2.27. The predicted octanol–water partition coefficient (Wildman–Crippen LogP) is 9.01. The van der Waals surface area contributed by atoms with E-state index in [2.05, 4.69) is 10.7 Å². The van der Waals surface area contributed by atoms with Gasteiger partial charge in [-0.2, -0.15) is 0 Å². The molecule has 186 valence electrons. The molecule has 0 bridgehead atoms. The first-order valence-electron chi connectivity index (χ1n) is 11.2. The van der Waals surface area contributed by atoms with Gasteiger partial charge in [-0.1, -0.05) is 70.7 Å². The molecule has 0 saturated carbocycles. The van der Waals surface area contributed by atoms with Crippen molar-refractivity contribution in [3.05, 3.63) is 122 Å². The second kappa shape index (κ2) is 11.0. The van der Waals surface area contributed by atoms with Gasteiger partial charge in [0.15, 0.2) is 0 Å². The number of urea groups is 1. The van der Waals surface area contributed by atoms with Crippen LogP contribution in [0.1, 0.15) is 11.1 Å². The Morgan fingerprint density at radius 3 is 1.95 bits per heavy atom. The molecule has 0 fully saturated rings. The first-order chi connectivity index (χ1) is 17.9. The number of carbonyl (C=O) groups is 1. The number of carbonyl (C=O) groups excluding carboxylic acids is 1. The Labute approximate surface area is 234 Å². The van der Waals surface area contributed by atoms with E-state index in [0.717, 1.165) is 22.4 Å². The molecule has 0 saturated heterocycles. The first kappa shape index (κ1) is 25.3. The van der Waals surface area contributed by atoms with E-state index >= 15 is 0 Å². The summed E-state index contributed by atoms with van der Waals surface area (Å²) in [6.45, 7) is 0.351. The van der Waals surface area contributed by atoms with Crippen molar-refractivity contribution < 1.29 is 9.53 Å². The molecule has 1 aliphatic heterocycles. The van der Waals surface area contributed by atoms with Crippen LogP contribution in [0.3, 0.4) is 0 Å². The molecule has 1 heterocycles. The minimum absolute atomic E-state index is 0.312. The summed E-state index contributed by atoms with van der Waals surface area (Å²) < 4.78 is 5.81. The minimum Gasteiger partial charge on any atom is -0.457 e. The van der Waals surface area contributed by atoms with Gasteiger partial charge in [0, 0.05) is 27.4 Å². The summed E-state index contributed by atoms with van der Waals surface area (Å²) in [7, 11) is 0. The fourth-order valence-electron chi connectivity index (χ4n) is 3.82. The van der Waals surface area contributed by atoms with Gasteiger partial charge in [0.1, 0.15) is 11.5 Å². The van der Waals surface area contributed by atoms with Gasteiger partial charge < -0.3 is 10.1 Å². The minimum atomic E-state index is -0.312. The van der Waals surface area contributed by atoms with Crippen LogP contribution in [0.2, 0.25) is 20.1 Å². The Morgan fingerprint density at radius 1 is 0.730 bits per heavy atom. The van der Waals surface area contributed by atoms with Crippen LogP contribution in [-0.4, -0.2) is 17.6 Å². The maximum absolute atomic E-state index is 13.1. The van der Waals surface area contributed by atoms with E-state index in [1.54, 1.807) is 42.5 Å². The monoisotopic (exact) mass is 569 g/mol. The van der Waals surface area contributed by atoms with Crippen LogP contribution < -0.4 is 15.5 Å². The Balaban J connectivity index is 1.30. The predicted molar refractivity (Wildman–Crippen MR) is 152 cm³/mol. The highest BCUT2D eigenvalue weighted by molar-refractivity contribution is 6.42. The Bertz CT molecular complexity index is 1410. The molecule has 5 nitrogen and oxygen atoms in total. The average molecular weight is 571 g/mol. The zero-order valence-corrected chi connectivity index (χ0v) is 22.2. The molecule has 2 N–H and O–H groups in total. The van der Waals surface area contributed by atoms with Crippen LogP contribution in [0.15, 0.2) is 91.0 Å². The van der Waals surface area contributed by atoms with Crippen molar-refractivity contribution in [2.45, 2.75) is 0 Å². The highest BCUT2D eigenvalue weighted by Crippen LogP contribution is 2.33. The van der Waals surface area contributed by atoms with E-state index in [1.807, 2.05) is 48.5 Å². The van der Waals surface area contributed by atoms with Crippen LogP contribution in [0, 0.1) is 0 Å². The molecule has 0 spiro atoms. The fourth-order valence-corrected chi connectivity index (χ4v) is 4.36. The maximum atomic E-state index is 13.1. The van der Waals surface area contributed by atoms with Crippen molar-refractivity contribution in [3.8, 4) is 11.5 Å². The molecule has 37 heavy (non-hydrogen) atoms. The van der Waals surface area contributed by atoms with Gasteiger partial charge in [-0.25, -0.2) is 9.80 Å². The Kier molecular flexibility index (Phi) is 7.49. The van der Waals surface area contributed by atoms with Crippen molar-refractivity contribution in [3.63, 3.8) is 0 Å². The van der Waals surface area contributed by atoms with Crippen LogP contribution in [0.25, 0.3) is 11.3 Å². The van der Waals surface area contributed by atoms with Gasteiger partial charge in [0.2, 0.25) is 0 Å². The lowest BCUT2D eigenvalue weighted by Gasteiger charge is -2.19. The quantitative estimate of drug-likeness (QED) is 0.252. The van der Waals surface area contributed by atoms with Gasteiger partial charge >= 0.3 is 6.03 Å². The zero-order valence-electron chi connectivity index (χ0n) is 19.1. The summed E-state index contributed by atoms with van der Waals surface area (Å²) in [6, 6.07) is 26.7. The lowest BCUT2D eigenvalue weighted by Crippen LogP contribution is -2.40. The molecule has 9 heteroatoms. The number of hydrazine groups is 1. The molecule has 0 aliphatic carbocycles. The third kappa shape index (κ3) is 5.97. The van der Waals surface area contributed by atoms with E-state index in [0.29, 0.717) is 43.8 Å². The molecule has 0 radical (unpaired) electrons. The second-order valence-electron chi connectivity index (χ2n) is 8.20. The van der Waals surface area contributed by atoms with Gasteiger partial charge in [-0.15, -0.1) is 0 Å². The molecular weight excluding hydrogens is 552 g/mol. The molecular formula is C28H19Cl4N3O2. The topological polar surface area (TPSA) is 53.6 Å². The van der Waals surface area contributed by atoms with Crippen molar-refractivity contribution in [2.24, 2.45) is 0 Å². The van der Waals surface area contributed by atoms with Gasteiger partial charge in [-0.05, 0) is 71.8 Å². The average Bonchev–Trinajstić information content (AvgIpc) is 3.34. The number of hydrogen-bond donors (Lipinski definition) is 2. The van der Waals surface area contributed by atoms with E-state index in [-0.39, 0.29) is 6.03 Å². The van der Waals surface area contributed by atoms with E-state index < -0.39 is 0 Å². The Hall–Kier alpha value is -3.35.